The molecule has 1 aromatic carbocycles. The Morgan fingerprint density at radius 3 is 2.62 bits per heavy atom. The Labute approximate surface area is 101 Å². The molecule has 0 amide bonds. The van der Waals surface area contributed by atoms with Gasteiger partial charge in [-0.15, -0.1) is 0 Å². The number of allylic oxidation sites excluding steroid dienone is 2. The van der Waals surface area contributed by atoms with E-state index in [1.54, 1.807) is 18.2 Å². The number of hydrogen-bond donors (Lipinski definition) is 0. The average Bonchev–Trinajstić information content (AvgIpc) is 2.30. The van der Waals surface area contributed by atoms with Crippen molar-refractivity contribution < 1.29 is 4.79 Å². The Morgan fingerprint density at radius 1 is 1.19 bits per heavy atom. The van der Waals surface area contributed by atoms with Gasteiger partial charge in [-0.25, -0.2) is 0 Å². The van der Waals surface area contributed by atoms with Gasteiger partial charge in [0.05, 0.1) is 0 Å². The van der Waals surface area contributed by atoms with Gasteiger partial charge in [0.25, 0.3) is 0 Å². The molecule has 1 aliphatic rings. The van der Waals surface area contributed by atoms with E-state index in [0.29, 0.717) is 10.6 Å². The molecule has 2 rings (SSSR count). The molecule has 0 saturated heterocycles. The summed E-state index contributed by atoms with van der Waals surface area (Å²) < 4.78 is 0. The molecule has 84 valence electrons. The monoisotopic (exact) mass is 234 g/mol. The zero-order chi connectivity index (χ0) is 11.4. The highest BCUT2D eigenvalue weighted by molar-refractivity contribution is 6.31. The van der Waals surface area contributed by atoms with E-state index >= 15 is 0 Å². The van der Waals surface area contributed by atoms with Gasteiger partial charge in [0.2, 0.25) is 0 Å². The Balaban J connectivity index is 2.13. The maximum absolute atomic E-state index is 11.9. The second-order valence-electron chi connectivity index (χ2n) is 4.24. The first-order chi connectivity index (χ1) is 7.75. The van der Waals surface area contributed by atoms with E-state index < -0.39 is 0 Å². The number of rotatable bonds is 2. The van der Waals surface area contributed by atoms with E-state index in [1.807, 2.05) is 12.1 Å². The number of hydrogen-bond acceptors (Lipinski definition) is 1. The molecule has 0 aromatic heterocycles. The topological polar surface area (TPSA) is 17.1 Å². The lowest BCUT2D eigenvalue weighted by Gasteiger charge is -2.12. The van der Waals surface area contributed by atoms with Crippen LogP contribution < -0.4 is 0 Å². The molecule has 0 unspecified atom stereocenters. The van der Waals surface area contributed by atoms with Gasteiger partial charge in [-0.3, -0.25) is 4.79 Å². The van der Waals surface area contributed by atoms with Crippen LogP contribution in [0.25, 0.3) is 0 Å². The molecule has 0 atom stereocenters. The minimum atomic E-state index is 0.0828. The predicted octanol–water partition coefficient (Wildman–Crippen LogP) is 4.41. The highest BCUT2D eigenvalue weighted by atomic mass is 35.5. The molecule has 1 nitrogen and oxygen atoms in total. The summed E-state index contributed by atoms with van der Waals surface area (Å²) in [5.41, 5.74) is 1.97. The first-order valence-electron chi connectivity index (χ1n) is 5.75. The Bertz CT molecular complexity index is 412. The molecule has 1 aliphatic carbocycles. The molecule has 16 heavy (non-hydrogen) atoms. The number of benzene rings is 1. The maximum Gasteiger partial charge on any atom is 0.185 e. The van der Waals surface area contributed by atoms with Gasteiger partial charge in [-0.1, -0.05) is 35.7 Å². The van der Waals surface area contributed by atoms with E-state index in [9.17, 15) is 4.79 Å². The second-order valence-corrected chi connectivity index (χ2v) is 4.67. The third-order valence-corrected chi connectivity index (χ3v) is 3.18. The van der Waals surface area contributed by atoms with Gasteiger partial charge in [-0.05, 0) is 43.9 Å². The first kappa shape index (κ1) is 11.4. The first-order valence-corrected chi connectivity index (χ1v) is 6.13. The minimum absolute atomic E-state index is 0.0828. The zero-order valence-corrected chi connectivity index (χ0v) is 9.96. The summed E-state index contributed by atoms with van der Waals surface area (Å²) in [4.78, 5) is 11.9. The summed E-state index contributed by atoms with van der Waals surface area (Å²) in [6, 6.07) is 7.14. The highest BCUT2D eigenvalue weighted by Crippen LogP contribution is 2.23. The van der Waals surface area contributed by atoms with Gasteiger partial charge < -0.3 is 0 Å². The van der Waals surface area contributed by atoms with Gasteiger partial charge in [0.15, 0.2) is 5.78 Å². The summed E-state index contributed by atoms with van der Waals surface area (Å²) in [5.74, 6) is 0.0828. The Kier molecular flexibility index (Phi) is 3.79. The van der Waals surface area contributed by atoms with Crippen molar-refractivity contribution in [3.05, 3.63) is 46.5 Å². The lowest BCUT2D eigenvalue weighted by atomic mass is 9.93. The molecular weight excluding hydrogens is 220 g/mol. The zero-order valence-electron chi connectivity index (χ0n) is 9.21. The third-order valence-electron chi connectivity index (χ3n) is 2.94. The fraction of sp³-hybridized carbons (Fsp3) is 0.357. The molecule has 0 N–H and O–H groups in total. The summed E-state index contributed by atoms with van der Waals surface area (Å²) in [7, 11) is 0. The van der Waals surface area contributed by atoms with Crippen LogP contribution in [0.15, 0.2) is 35.9 Å². The predicted molar refractivity (Wildman–Crippen MR) is 67.0 cm³/mol. The lowest BCUT2D eigenvalue weighted by Crippen LogP contribution is -2.00. The fourth-order valence-electron chi connectivity index (χ4n) is 2.06. The van der Waals surface area contributed by atoms with Crippen LogP contribution in [0, 0.1) is 0 Å². The molecule has 0 heterocycles. The van der Waals surface area contributed by atoms with Gasteiger partial charge in [0.1, 0.15) is 0 Å². The largest absolute Gasteiger partial charge is 0.289 e. The van der Waals surface area contributed by atoms with Crippen molar-refractivity contribution in [1.82, 2.24) is 0 Å². The number of ketones is 1. The van der Waals surface area contributed by atoms with E-state index in [-0.39, 0.29) is 5.78 Å². The normalized spacial score (nSPS) is 15.9. The molecule has 1 fully saturated rings. The smallest absolute Gasteiger partial charge is 0.185 e. The van der Waals surface area contributed by atoms with Crippen molar-refractivity contribution in [2.24, 2.45) is 0 Å². The number of carbonyl (C=O) groups excluding carboxylic acids is 1. The van der Waals surface area contributed by atoms with Crippen LogP contribution in [0.4, 0.5) is 0 Å². The molecule has 0 spiro atoms. The summed E-state index contributed by atoms with van der Waals surface area (Å²) in [6.45, 7) is 0. The van der Waals surface area contributed by atoms with E-state index in [4.69, 9.17) is 11.6 Å². The lowest BCUT2D eigenvalue weighted by molar-refractivity contribution is 0.104. The standard InChI is InChI=1S/C14H15ClO/c15-13-8-4-7-12(10-13)14(16)9-11-5-2-1-3-6-11/h4,7-10H,1-3,5-6H2. The van der Waals surface area contributed by atoms with Crippen molar-refractivity contribution in [2.75, 3.05) is 0 Å². The van der Waals surface area contributed by atoms with Crippen LogP contribution in [0.5, 0.6) is 0 Å². The SMILES string of the molecule is O=C(C=C1CCCCC1)c1cccc(Cl)c1. The van der Waals surface area contributed by atoms with Crippen LogP contribution in [0.2, 0.25) is 5.02 Å². The van der Waals surface area contributed by atoms with Crippen LogP contribution in [0.3, 0.4) is 0 Å². The maximum atomic E-state index is 11.9. The fourth-order valence-corrected chi connectivity index (χ4v) is 2.25. The van der Waals surface area contributed by atoms with E-state index in [2.05, 4.69) is 0 Å². The molecule has 1 aromatic rings. The molecule has 0 bridgehead atoms. The average molecular weight is 235 g/mol. The van der Waals surface area contributed by atoms with Crippen LogP contribution >= 0.6 is 11.6 Å². The molecule has 0 radical (unpaired) electrons. The van der Waals surface area contributed by atoms with Crippen LogP contribution in [0.1, 0.15) is 42.5 Å². The second kappa shape index (κ2) is 5.31. The van der Waals surface area contributed by atoms with Crippen molar-refractivity contribution in [3.63, 3.8) is 0 Å². The summed E-state index contributed by atoms with van der Waals surface area (Å²) in [5, 5.41) is 0.618. The Morgan fingerprint density at radius 2 is 1.94 bits per heavy atom. The molecule has 0 aliphatic heterocycles. The molecule has 2 heteroatoms. The van der Waals surface area contributed by atoms with Crippen molar-refractivity contribution in [3.8, 4) is 0 Å². The molecule has 1 saturated carbocycles. The molecular formula is C14H15ClO. The highest BCUT2D eigenvalue weighted by Gasteiger charge is 2.09. The summed E-state index contributed by atoms with van der Waals surface area (Å²) in [6.07, 6.45) is 7.68. The van der Waals surface area contributed by atoms with E-state index in [0.717, 1.165) is 12.8 Å². The quantitative estimate of drug-likeness (QED) is 0.547. The van der Waals surface area contributed by atoms with Gasteiger partial charge in [0, 0.05) is 10.6 Å². The van der Waals surface area contributed by atoms with Gasteiger partial charge >= 0.3 is 0 Å². The van der Waals surface area contributed by atoms with Crippen molar-refractivity contribution >= 4 is 17.4 Å². The van der Waals surface area contributed by atoms with E-state index in [1.165, 1.54) is 24.8 Å². The van der Waals surface area contributed by atoms with Crippen molar-refractivity contribution in [2.45, 2.75) is 32.1 Å². The van der Waals surface area contributed by atoms with Crippen LogP contribution in [-0.2, 0) is 0 Å². The Hall–Kier alpha value is -1.08. The van der Waals surface area contributed by atoms with Crippen molar-refractivity contribution in [1.29, 1.82) is 0 Å². The third kappa shape index (κ3) is 2.96. The van der Waals surface area contributed by atoms with Crippen LogP contribution in [-0.4, -0.2) is 5.78 Å². The van der Waals surface area contributed by atoms with Gasteiger partial charge in [-0.2, -0.15) is 0 Å². The minimum Gasteiger partial charge on any atom is -0.289 e. The summed E-state index contributed by atoms with van der Waals surface area (Å²) >= 11 is 5.86. The number of carbonyl (C=O) groups is 1. The number of halogens is 1.